The molecule has 106 valence electrons. The van der Waals surface area contributed by atoms with Gasteiger partial charge in [-0.25, -0.2) is 0 Å². The Labute approximate surface area is 117 Å². The summed E-state index contributed by atoms with van der Waals surface area (Å²) >= 11 is 0. The highest BCUT2D eigenvalue weighted by molar-refractivity contribution is 5.69. The number of ether oxygens (including phenoxy) is 1. The molecule has 0 saturated heterocycles. The van der Waals surface area contributed by atoms with Crippen molar-refractivity contribution in [1.82, 2.24) is 0 Å². The molecule has 0 saturated carbocycles. The third-order valence-corrected chi connectivity index (χ3v) is 3.19. The number of carbonyl (C=O) groups excluding carboxylic acids is 1. The van der Waals surface area contributed by atoms with Crippen LogP contribution in [0.3, 0.4) is 0 Å². The maximum absolute atomic E-state index is 11.5. The minimum absolute atomic E-state index is 0.0454. The van der Waals surface area contributed by atoms with Crippen LogP contribution in [0.15, 0.2) is 30.3 Å². The zero-order valence-electron chi connectivity index (χ0n) is 12.2. The van der Waals surface area contributed by atoms with Crippen molar-refractivity contribution in [3.05, 3.63) is 35.9 Å². The van der Waals surface area contributed by atoms with Gasteiger partial charge in [-0.1, -0.05) is 63.4 Å². The highest BCUT2D eigenvalue weighted by Gasteiger charge is 2.08. The number of hydrogen-bond acceptors (Lipinski definition) is 2. The molecule has 2 heteroatoms. The largest absolute Gasteiger partial charge is 0.465 e. The monoisotopic (exact) mass is 262 g/mol. The topological polar surface area (TPSA) is 26.3 Å². The van der Waals surface area contributed by atoms with E-state index < -0.39 is 0 Å². The Morgan fingerprint density at radius 2 is 1.89 bits per heavy atom. The van der Waals surface area contributed by atoms with Crippen LogP contribution < -0.4 is 0 Å². The molecule has 1 aromatic carbocycles. The van der Waals surface area contributed by atoms with Crippen molar-refractivity contribution in [2.75, 3.05) is 6.61 Å². The van der Waals surface area contributed by atoms with Gasteiger partial charge in [-0.15, -0.1) is 0 Å². The molecule has 0 aliphatic carbocycles. The summed E-state index contributed by atoms with van der Waals surface area (Å²) in [4.78, 5) is 11.5. The van der Waals surface area contributed by atoms with Gasteiger partial charge in [0.1, 0.15) is 0 Å². The molecule has 0 radical (unpaired) electrons. The van der Waals surface area contributed by atoms with E-state index in [1.807, 2.05) is 18.2 Å². The van der Waals surface area contributed by atoms with Crippen LogP contribution in [0.25, 0.3) is 0 Å². The molecule has 0 aliphatic rings. The van der Waals surface area contributed by atoms with Crippen LogP contribution in [-0.2, 0) is 16.0 Å². The molecule has 0 unspecified atom stereocenters. The van der Waals surface area contributed by atoms with Crippen LogP contribution in [0.4, 0.5) is 0 Å². The maximum Gasteiger partial charge on any atom is 0.305 e. The van der Waals surface area contributed by atoms with Crippen molar-refractivity contribution >= 4 is 5.97 Å². The molecule has 2 nitrogen and oxygen atoms in total. The van der Waals surface area contributed by atoms with Crippen molar-refractivity contribution in [3.63, 3.8) is 0 Å². The van der Waals surface area contributed by atoms with Gasteiger partial charge in [0.15, 0.2) is 0 Å². The lowest BCUT2D eigenvalue weighted by Gasteiger charge is -2.12. The summed E-state index contributed by atoms with van der Waals surface area (Å²) in [5.41, 5.74) is 1.30. The molecule has 0 fully saturated rings. The van der Waals surface area contributed by atoms with Gasteiger partial charge in [-0.3, -0.25) is 4.79 Å². The molecule has 1 rings (SSSR count). The second-order valence-corrected chi connectivity index (χ2v) is 5.29. The first-order chi connectivity index (χ1) is 9.22. The average Bonchev–Trinajstić information content (AvgIpc) is 2.42. The average molecular weight is 262 g/mol. The maximum atomic E-state index is 11.5. The molecule has 1 atom stereocenters. The lowest BCUT2D eigenvalue weighted by Crippen LogP contribution is -2.13. The number of rotatable bonds is 9. The quantitative estimate of drug-likeness (QED) is 0.487. The van der Waals surface area contributed by atoms with Crippen molar-refractivity contribution in [3.8, 4) is 0 Å². The summed E-state index contributed by atoms with van der Waals surface area (Å²) < 4.78 is 5.32. The zero-order chi connectivity index (χ0) is 13.9. The van der Waals surface area contributed by atoms with Crippen LogP contribution in [0, 0.1) is 5.92 Å². The van der Waals surface area contributed by atoms with E-state index in [0.29, 0.717) is 18.9 Å². The van der Waals surface area contributed by atoms with Gasteiger partial charge in [0, 0.05) is 6.42 Å². The fraction of sp³-hybridized carbons (Fsp3) is 0.588. The predicted molar refractivity (Wildman–Crippen MR) is 79.0 cm³/mol. The van der Waals surface area contributed by atoms with E-state index in [2.05, 4.69) is 26.0 Å². The number of esters is 1. The van der Waals surface area contributed by atoms with E-state index in [9.17, 15) is 4.79 Å². The molecule has 0 aliphatic heterocycles. The van der Waals surface area contributed by atoms with E-state index in [1.165, 1.54) is 18.4 Å². The van der Waals surface area contributed by atoms with E-state index >= 15 is 0 Å². The van der Waals surface area contributed by atoms with Gasteiger partial charge in [0.05, 0.1) is 6.61 Å². The number of unbranched alkanes of at least 4 members (excludes halogenated alkanes) is 3. The van der Waals surface area contributed by atoms with Gasteiger partial charge in [-0.2, -0.15) is 0 Å². The lowest BCUT2D eigenvalue weighted by molar-refractivity contribution is -0.145. The molecular weight excluding hydrogens is 236 g/mol. The van der Waals surface area contributed by atoms with Crippen LogP contribution in [-0.4, -0.2) is 12.6 Å². The van der Waals surface area contributed by atoms with Gasteiger partial charge in [0.25, 0.3) is 0 Å². The Hall–Kier alpha value is -1.31. The Balaban J connectivity index is 2.12. The molecule has 0 N–H and O–H groups in total. The summed E-state index contributed by atoms with van der Waals surface area (Å²) in [5.74, 6) is 0.331. The Morgan fingerprint density at radius 3 is 2.58 bits per heavy atom. The molecule has 0 bridgehead atoms. The fourth-order valence-electron chi connectivity index (χ4n) is 2.08. The molecule has 0 aromatic heterocycles. The Morgan fingerprint density at radius 1 is 1.16 bits per heavy atom. The Kier molecular flexibility index (Phi) is 7.95. The SMILES string of the molecule is CCCCCCC(=O)OC[C@@H](C)Cc1ccccc1. The van der Waals surface area contributed by atoms with Crippen molar-refractivity contribution in [1.29, 1.82) is 0 Å². The first-order valence-corrected chi connectivity index (χ1v) is 7.42. The van der Waals surface area contributed by atoms with E-state index in [1.54, 1.807) is 0 Å². The first kappa shape index (κ1) is 15.7. The highest BCUT2D eigenvalue weighted by Crippen LogP contribution is 2.09. The van der Waals surface area contributed by atoms with E-state index in [4.69, 9.17) is 4.74 Å². The van der Waals surface area contributed by atoms with Gasteiger partial charge in [-0.05, 0) is 24.3 Å². The van der Waals surface area contributed by atoms with Crippen LogP contribution >= 0.6 is 0 Å². The zero-order valence-corrected chi connectivity index (χ0v) is 12.2. The van der Waals surface area contributed by atoms with Gasteiger partial charge in [0.2, 0.25) is 0 Å². The lowest BCUT2D eigenvalue weighted by atomic mass is 10.0. The minimum atomic E-state index is -0.0454. The first-order valence-electron chi connectivity index (χ1n) is 7.42. The van der Waals surface area contributed by atoms with Gasteiger partial charge < -0.3 is 4.74 Å². The van der Waals surface area contributed by atoms with E-state index in [0.717, 1.165) is 19.3 Å². The molecule has 0 heterocycles. The van der Waals surface area contributed by atoms with Crippen molar-refractivity contribution in [2.24, 2.45) is 5.92 Å². The second kappa shape index (κ2) is 9.60. The fourth-order valence-corrected chi connectivity index (χ4v) is 2.08. The summed E-state index contributed by atoms with van der Waals surface area (Å²) in [5, 5.41) is 0. The molecular formula is C17H26O2. The van der Waals surface area contributed by atoms with Crippen molar-refractivity contribution in [2.45, 2.75) is 52.4 Å². The summed E-state index contributed by atoms with van der Waals surface area (Å²) in [6.45, 7) is 4.82. The standard InChI is InChI=1S/C17H26O2/c1-3-4-5-9-12-17(18)19-14-15(2)13-16-10-7-6-8-11-16/h6-8,10-11,15H,3-5,9,12-14H2,1-2H3/t15-/m0/s1. The number of carbonyl (C=O) groups is 1. The molecule has 19 heavy (non-hydrogen) atoms. The Bertz CT molecular complexity index is 346. The number of benzene rings is 1. The van der Waals surface area contributed by atoms with Crippen LogP contribution in [0.5, 0.6) is 0 Å². The molecule has 0 amide bonds. The smallest absolute Gasteiger partial charge is 0.305 e. The normalized spacial score (nSPS) is 12.1. The number of hydrogen-bond donors (Lipinski definition) is 0. The minimum Gasteiger partial charge on any atom is -0.465 e. The second-order valence-electron chi connectivity index (χ2n) is 5.29. The predicted octanol–water partition coefficient (Wildman–Crippen LogP) is 4.38. The third kappa shape index (κ3) is 7.66. The summed E-state index contributed by atoms with van der Waals surface area (Å²) in [7, 11) is 0. The van der Waals surface area contributed by atoms with E-state index in [-0.39, 0.29) is 5.97 Å². The summed E-state index contributed by atoms with van der Waals surface area (Å²) in [6.07, 6.45) is 6.02. The highest BCUT2D eigenvalue weighted by atomic mass is 16.5. The molecule has 1 aromatic rings. The van der Waals surface area contributed by atoms with Crippen molar-refractivity contribution < 1.29 is 9.53 Å². The van der Waals surface area contributed by atoms with Crippen LogP contribution in [0.1, 0.15) is 51.5 Å². The van der Waals surface area contributed by atoms with Gasteiger partial charge >= 0.3 is 5.97 Å². The summed E-state index contributed by atoms with van der Waals surface area (Å²) in [6, 6.07) is 10.3. The third-order valence-electron chi connectivity index (χ3n) is 3.19. The van der Waals surface area contributed by atoms with Crippen LogP contribution in [0.2, 0.25) is 0 Å². The molecule has 0 spiro atoms.